The Hall–Kier alpha value is -1.49. The van der Waals surface area contributed by atoms with Crippen molar-refractivity contribution in [2.45, 2.75) is 19.8 Å². The Morgan fingerprint density at radius 1 is 1.32 bits per heavy atom. The molecule has 0 aliphatic rings. The van der Waals surface area contributed by atoms with Crippen LogP contribution in [-0.4, -0.2) is 17.0 Å². The molecule has 1 aromatic heterocycles. The van der Waals surface area contributed by atoms with Crippen LogP contribution in [-0.2, 0) is 6.42 Å². The smallest absolute Gasteiger partial charge is 0.132 e. The first-order valence-corrected chi connectivity index (χ1v) is 6.93. The summed E-state index contributed by atoms with van der Waals surface area (Å²) in [5, 5.41) is 3.04. The zero-order chi connectivity index (χ0) is 13.8. The van der Waals surface area contributed by atoms with E-state index in [4.69, 9.17) is 0 Å². The van der Waals surface area contributed by atoms with E-state index in [2.05, 4.69) is 38.1 Å². The maximum Gasteiger partial charge on any atom is 0.132 e. The lowest BCUT2D eigenvalue weighted by Crippen LogP contribution is -2.03. The fourth-order valence-corrected chi connectivity index (χ4v) is 2.39. The summed E-state index contributed by atoms with van der Waals surface area (Å²) in [6, 6.07) is 4.87. The predicted molar refractivity (Wildman–Crippen MR) is 78.7 cm³/mol. The van der Waals surface area contributed by atoms with Gasteiger partial charge in [0.15, 0.2) is 0 Å². The number of hydrogen-bond acceptors (Lipinski definition) is 3. The first-order chi connectivity index (χ1) is 9.17. The predicted octanol–water partition coefficient (Wildman–Crippen LogP) is 4.04. The van der Waals surface area contributed by atoms with Gasteiger partial charge in [-0.1, -0.05) is 29.3 Å². The standard InChI is InChI=1S/C14H15BrFN3/c1-3-4-10-13(18-8-19-14(10)17-2)11-7-9(15)5-6-12(11)16/h5-8H,3-4H2,1-2H3,(H,17,18,19). The molecule has 0 spiro atoms. The highest BCUT2D eigenvalue weighted by molar-refractivity contribution is 9.10. The highest BCUT2D eigenvalue weighted by Crippen LogP contribution is 2.30. The minimum Gasteiger partial charge on any atom is -0.373 e. The van der Waals surface area contributed by atoms with Crippen molar-refractivity contribution in [3.05, 3.63) is 40.4 Å². The van der Waals surface area contributed by atoms with Crippen molar-refractivity contribution in [1.29, 1.82) is 0 Å². The second kappa shape index (κ2) is 6.10. The summed E-state index contributed by atoms with van der Waals surface area (Å²) in [6.45, 7) is 2.08. The zero-order valence-electron chi connectivity index (χ0n) is 10.9. The van der Waals surface area contributed by atoms with Crippen molar-refractivity contribution in [3.63, 3.8) is 0 Å². The normalized spacial score (nSPS) is 10.5. The third-order valence-electron chi connectivity index (χ3n) is 2.87. The highest BCUT2D eigenvalue weighted by Gasteiger charge is 2.15. The number of rotatable bonds is 4. The van der Waals surface area contributed by atoms with Gasteiger partial charge in [0.2, 0.25) is 0 Å². The molecule has 19 heavy (non-hydrogen) atoms. The fraction of sp³-hybridized carbons (Fsp3) is 0.286. The molecular formula is C14H15BrFN3. The van der Waals surface area contributed by atoms with Crippen LogP contribution < -0.4 is 5.32 Å². The van der Waals surface area contributed by atoms with Crippen molar-refractivity contribution < 1.29 is 4.39 Å². The number of anilines is 1. The number of halogens is 2. The largest absolute Gasteiger partial charge is 0.373 e. The Morgan fingerprint density at radius 2 is 2.11 bits per heavy atom. The molecule has 0 bridgehead atoms. The van der Waals surface area contributed by atoms with Crippen molar-refractivity contribution in [1.82, 2.24) is 9.97 Å². The maximum atomic E-state index is 14.0. The second-order valence-corrected chi connectivity index (χ2v) is 5.09. The van der Waals surface area contributed by atoms with Crippen LogP contribution in [0, 0.1) is 5.82 Å². The minimum absolute atomic E-state index is 0.277. The number of aromatic nitrogens is 2. The number of hydrogen-bond donors (Lipinski definition) is 1. The van der Waals surface area contributed by atoms with Crippen molar-refractivity contribution in [3.8, 4) is 11.3 Å². The molecule has 1 heterocycles. The Bertz CT molecular complexity index is 587. The summed E-state index contributed by atoms with van der Waals surface area (Å²) in [7, 11) is 1.81. The molecule has 2 aromatic rings. The SMILES string of the molecule is CCCc1c(NC)ncnc1-c1cc(Br)ccc1F. The molecule has 0 atom stereocenters. The molecule has 100 valence electrons. The molecule has 0 unspecified atom stereocenters. The summed E-state index contributed by atoms with van der Waals surface area (Å²) in [4.78, 5) is 8.46. The van der Waals surface area contributed by atoms with Crippen LogP contribution in [0.3, 0.4) is 0 Å². The van der Waals surface area contributed by atoms with Crippen molar-refractivity contribution in [2.24, 2.45) is 0 Å². The molecule has 2 rings (SSSR count). The van der Waals surface area contributed by atoms with Gasteiger partial charge in [-0.15, -0.1) is 0 Å². The number of benzene rings is 1. The molecule has 0 aliphatic carbocycles. The lowest BCUT2D eigenvalue weighted by atomic mass is 10.0. The first kappa shape index (κ1) is 13.9. The van der Waals surface area contributed by atoms with Gasteiger partial charge in [0.05, 0.1) is 5.69 Å². The van der Waals surface area contributed by atoms with E-state index in [9.17, 15) is 4.39 Å². The molecular weight excluding hydrogens is 309 g/mol. The van der Waals surface area contributed by atoms with Crippen LogP contribution in [0.4, 0.5) is 10.2 Å². The molecule has 1 aromatic carbocycles. The van der Waals surface area contributed by atoms with Gasteiger partial charge in [-0.3, -0.25) is 0 Å². The van der Waals surface area contributed by atoms with E-state index in [-0.39, 0.29) is 5.82 Å². The van der Waals surface area contributed by atoms with Gasteiger partial charge in [0.1, 0.15) is 18.0 Å². The molecule has 0 amide bonds. The van der Waals surface area contributed by atoms with E-state index in [0.29, 0.717) is 11.3 Å². The molecule has 3 nitrogen and oxygen atoms in total. The topological polar surface area (TPSA) is 37.8 Å². The lowest BCUT2D eigenvalue weighted by molar-refractivity contribution is 0.630. The third-order valence-corrected chi connectivity index (χ3v) is 3.36. The molecule has 0 saturated carbocycles. The average Bonchev–Trinajstić information content (AvgIpc) is 2.42. The van der Waals surface area contributed by atoms with Gasteiger partial charge in [-0.2, -0.15) is 0 Å². The molecule has 1 N–H and O–H groups in total. The Labute approximate surface area is 120 Å². The Kier molecular flexibility index (Phi) is 4.47. The van der Waals surface area contributed by atoms with E-state index in [1.54, 1.807) is 12.1 Å². The number of nitrogens with zero attached hydrogens (tertiary/aromatic N) is 2. The van der Waals surface area contributed by atoms with Crippen LogP contribution in [0.25, 0.3) is 11.3 Å². The number of nitrogens with one attached hydrogen (secondary N) is 1. The molecule has 5 heteroatoms. The van der Waals surface area contributed by atoms with Crippen LogP contribution >= 0.6 is 15.9 Å². The average molecular weight is 324 g/mol. The van der Waals surface area contributed by atoms with Gasteiger partial charge in [0, 0.05) is 22.6 Å². The van der Waals surface area contributed by atoms with Gasteiger partial charge in [-0.05, 0) is 24.6 Å². The van der Waals surface area contributed by atoms with Crippen molar-refractivity contribution >= 4 is 21.7 Å². The van der Waals surface area contributed by atoms with E-state index in [0.717, 1.165) is 28.7 Å². The minimum atomic E-state index is -0.277. The van der Waals surface area contributed by atoms with Crippen LogP contribution in [0.15, 0.2) is 29.0 Å². The van der Waals surface area contributed by atoms with E-state index in [1.807, 2.05) is 7.05 Å². The zero-order valence-corrected chi connectivity index (χ0v) is 12.5. The summed E-state index contributed by atoms with van der Waals surface area (Å²) in [5.74, 6) is 0.479. The Balaban J connectivity index is 2.63. The second-order valence-electron chi connectivity index (χ2n) is 4.17. The van der Waals surface area contributed by atoms with Crippen LogP contribution in [0.1, 0.15) is 18.9 Å². The van der Waals surface area contributed by atoms with Gasteiger partial charge >= 0.3 is 0 Å². The van der Waals surface area contributed by atoms with Crippen molar-refractivity contribution in [2.75, 3.05) is 12.4 Å². The quantitative estimate of drug-likeness (QED) is 0.922. The molecule has 0 aliphatic heterocycles. The van der Waals surface area contributed by atoms with E-state index in [1.165, 1.54) is 12.4 Å². The van der Waals surface area contributed by atoms with Gasteiger partial charge < -0.3 is 5.32 Å². The van der Waals surface area contributed by atoms with E-state index >= 15 is 0 Å². The van der Waals surface area contributed by atoms with Crippen LogP contribution in [0.2, 0.25) is 0 Å². The Morgan fingerprint density at radius 3 is 2.79 bits per heavy atom. The van der Waals surface area contributed by atoms with E-state index < -0.39 is 0 Å². The highest BCUT2D eigenvalue weighted by atomic mass is 79.9. The molecule has 0 saturated heterocycles. The summed E-state index contributed by atoms with van der Waals surface area (Å²) >= 11 is 3.37. The maximum absolute atomic E-state index is 14.0. The molecule has 0 radical (unpaired) electrons. The third kappa shape index (κ3) is 2.92. The summed E-state index contributed by atoms with van der Waals surface area (Å²) < 4.78 is 14.8. The summed E-state index contributed by atoms with van der Waals surface area (Å²) in [5.41, 5.74) is 2.10. The summed E-state index contributed by atoms with van der Waals surface area (Å²) in [6.07, 6.45) is 3.21. The van der Waals surface area contributed by atoms with Gasteiger partial charge in [-0.25, -0.2) is 14.4 Å². The van der Waals surface area contributed by atoms with Crippen LogP contribution in [0.5, 0.6) is 0 Å². The monoisotopic (exact) mass is 323 g/mol. The lowest BCUT2D eigenvalue weighted by Gasteiger charge is -2.13. The van der Waals surface area contributed by atoms with Gasteiger partial charge in [0.25, 0.3) is 0 Å². The molecule has 0 fully saturated rings. The first-order valence-electron chi connectivity index (χ1n) is 6.14. The fourth-order valence-electron chi connectivity index (χ4n) is 2.03.